The fourth-order valence-corrected chi connectivity index (χ4v) is 3.13. The van der Waals surface area contributed by atoms with Crippen LogP contribution in [0.25, 0.3) is 0 Å². The fourth-order valence-electron chi connectivity index (χ4n) is 3.01. The summed E-state index contributed by atoms with van der Waals surface area (Å²) in [5, 5.41) is 4.88. The summed E-state index contributed by atoms with van der Waals surface area (Å²) in [5.74, 6) is 0.360. The van der Waals surface area contributed by atoms with Crippen molar-refractivity contribution >= 4 is 11.6 Å². The van der Waals surface area contributed by atoms with Gasteiger partial charge in [-0.3, -0.25) is 0 Å². The van der Waals surface area contributed by atoms with Crippen LogP contribution in [0.3, 0.4) is 0 Å². The number of benzene rings is 2. The third kappa shape index (κ3) is 5.05. The standard InChI is InChI=1S/C20H21ClFN3O2/c1-26-20(13-25-15-23-14-24-25,16-3-5-17(21)6-4-16)11-2-12-27-19-9-7-18(22)8-10-19/h3-10,14-15H,2,11-13H2,1H3. The highest BCUT2D eigenvalue weighted by Crippen LogP contribution is 2.33. The molecule has 0 aliphatic rings. The molecular weight excluding hydrogens is 369 g/mol. The quantitative estimate of drug-likeness (QED) is 0.506. The highest BCUT2D eigenvalue weighted by molar-refractivity contribution is 6.30. The lowest BCUT2D eigenvalue weighted by atomic mass is 9.88. The van der Waals surface area contributed by atoms with Crippen molar-refractivity contribution in [1.82, 2.24) is 14.8 Å². The van der Waals surface area contributed by atoms with Crippen LogP contribution in [0.2, 0.25) is 5.02 Å². The van der Waals surface area contributed by atoms with Gasteiger partial charge in [0.05, 0.1) is 13.2 Å². The van der Waals surface area contributed by atoms with Gasteiger partial charge in [0.15, 0.2) is 0 Å². The average molecular weight is 390 g/mol. The van der Waals surface area contributed by atoms with Gasteiger partial charge in [0.1, 0.15) is 29.8 Å². The van der Waals surface area contributed by atoms with Crippen LogP contribution in [-0.4, -0.2) is 28.5 Å². The lowest BCUT2D eigenvalue weighted by Crippen LogP contribution is -2.34. The lowest BCUT2D eigenvalue weighted by molar-refractivity contribution is -0.0426. The Morgan fingerprint density at radius 1 is 1.11 bits per heavy atom. The van der Waals surface area contributed by atoms with Gasteiger partial charge in [0.2, 0.25) is 0 Å². The van der Waals surface area contributed by atoms with Crippen LogP contribution >= 0.6 is 11.6 Å². The molecule has 1 heterocycles. The Balaban J connectivity index is 1.70. The second-order valence-electron chi connectivity index (χ2n) is 6.20. The molecule has 1 unspecified atom stereocenters. The van der Waals surface area contributed by atoms with Crippen molar-refractivity contribution in [3.63, 3.8) is 0 Å². The zero-order valence-corrected chi connectivity index (χ0v) is 15.8. The van der Waals surface area contributed by atoms with E-state index in [4.69, 9.17) is 21.1 Å². The van der Waals surface area contributed by atoms with Crippen LogP contribution in [0.15, 0.2) is 61.2 Å². The molecule has 2 aromatic carbocycles. The van der Waals surface area contributed by atoms with E-state index in [1.54, 1.807) is 30.3 Å². The predicted molar refractivity (Wildman–Crippen MR) is 101 cm³/mol. The molecule has 0 aliphatic carbocycles. The first-order chi connectivity index (χ1) is 13.1. The molecule has 1 atom stereocenters. The topological polar surface area (TPSA) is 49.2 Å². The van der Waals surface area contributed by atoms with Gasteiger partial charge in [-0.1, -0.05) is 23.7 Å². The zero-order chi connectivity index (χ0) is 19.1. The smallest absolute Gasteiger partial charge is 0.137 e. The molecule has 0 bridgehead atoms. The highest BCUT2D eigenvalue weighted by Gasteiger charge is 2.33. The molecule has 142 valence electrons. The second-order valence-corrected chi connectivity index (χ2v) is 6.64. The molecule has 27 heavy (non-hydrogen) atoms. The van der Waals surface area contributed by atoms with Crippen molar-refractivity contribution in [3.05, 3.63) is 77.6 Å². The van der Waals surface area contributed by atoms with Crippen LogP contribution < -0.4 is 4.74 Å². The Morgan fingerprint density at radius 3 is 2.48 bits per heavy atom. The second kappa shape index (κ2) is 8.97. The van der Waals surface area contributed by atoms with E-state index >= 15 is 0 Å². The van der Waals surface area contributed by atoms with Gasteiger partial charge >= 0.3 is 0 Å². The first-order valence-electron chi connectivity index (χ1n) is 8.63. The van der Waals surface area contributed by atoms with Gasteiger partial charge in [0.25, 0.3) is 0 Å². The molecule has 5 nitrogen and oxygen atoms in total. The number of hydrogen-bond acceptors (Lipinski definition) is 4. The van der Waals surface area contributed by atoms with Crippen molar-refractivity contribution in [1.29, 1.82) is 0 Å². The Morgan fingerprint density at radius 2 is 1.85 bits per heavy atom. The summed E-state index contributed by atoms with van der Waals surface area (Å²) < 4.78 is 26.4. The van der Waals surface area contributed by atoms with Gasteiger partial charge in [-0.05, 0) is 54.8 Å². The number of methoxy groups -OCH3 is 1. The van der Waals surface area contributed by atoms with Crippen molar-refractivity contribution in [2.45, 2.75) is 25.0 Å². The average Bonchev–Trinajstić information content (AvgIpc) is 3.19. The maximum atomic E-state index is 13.0. The summed E-state index contributed by atoms with van der Waals surface area (Å²) in [6.45, 7) is 1.00. The Labute approximate surface area is 162 Å². The molecule has 1 aromatic heterocycles. The van der Waals surface area contributed by atoms with E-state index in [9.17, 15) is 4.39 Å². The van der Waals surface area contributed by atoms with E-state index in [0.29, 0.717) is 30.3 Å². The maximum Gasteiger partial charge on any atom is 0.137 e. The lowest BCUT2D eigenvalue weighted by Gasteiger charge is -2.33. The number of hydrogen-bond donors (Lipinski definition) is 0. The van der Waals surface area contributed by atoms with Crippen LogP contribution in [0.4, 0.5) is 4.39 Å². The van der Waals surface area contributed by atoms with Crippen LogP contribution in [-0.2, 0) is 16.9 Å². The number of aromatic nitrogens is 3. The van der Waals surface area contributed by atoms with Crippen LogP contribution in [0, 0.1) is 5.82 Å². The van der Waals surface area contributed by atoms with Crippen molar-refractivity contribution in [2.75, 3.05) is 13.7 Å². The number of rotatable bonds is 9. The summed E-state index contributed by atoms with van der Waals surface area (Å²) in [5.41, 5.74) is 0.413. The van der Waals surface area contributed by atoms with Crippen molar-refractivity contribution in [3.8, 4) is 5.75 Å². The SMILES string of the molecule is COC(CCCOc1ccc(F)cc1)(Cn1cncn1)c1ccc(Cl)cc1. The van der Waals surface area contributed by atoms with E-state index in [-0.39, 0.29) is 5.82 Å². The normalized spacial score (nSPS) is 13.3. The Bertz CT molecular complexity index is 825. The number of nitrogens with zero attached hydrogens (tertiary/aromatic N) is 3. The first kappa shape index (κ1) is 19.3. The van der Waals surface area contributed by atoms with E-state index in [1.165, 1.54) is 18.5 Å². The monoisotopic (exact) mass is 389 g/mol. The van der Waals surface area contributed by atoms with E-state index in [1.807, 2.05) is 24.3 Å². The van der Waals surface area contributed by atoms with Crippen LogP contribution in [0.5, 0.6) is 5.75 Å². The van der Waals surface area contributed by atoms with Gasteiger partial charge in [-0.15, -0.1) is 0 Å². The molecule has 0 saturated heterocycles. The molecule has 3 aromatic rings. The third-order valence-electron chi connectivity index (χ3n) is 4.45. The minimum atomic E-state index is -0.593. The molecule has 0 radical (unpaired) electrons. The number of ether oxygens (including phenoxy) is 2. The van der Waals surface area contributed by atoms with Gasteiger partial charge < -0.3 is 9.47 Å². The summed E-state index contributed by atoms with van der Waals surface area (Å²) in [6, 6.07) is 13.6. The fraction of sp³-hybridized carbons (Fsp3) is 0.300. The van der Waals surface area contributed by atoms with Crippen molar-refractivity contribution < 1.29 is 13.9 Å². The van der Waals surface area contributed by atoms with Crippen LogP contribution in [0.1, 0.15) is 18.4 Å². The summed E-state index contributed by atoms with van der Waals surface area (Å²) in [6.07, 6.45) is 4.60. The third-order valence-corrected chi connectivity index (χ3v) is 4.70. The molecule has 7 heteroatoms. The summed E-state index contributed by atoms with van der Waals surface area (Å²) in [4.78, 5) is 4.01. The Hall–Kier alpha value is -2.44. The zero-order valence-electron chi connectivity index (χ0n) is 15.0. The van der Waals surface area contributed by atoms with E-state index in [2.05, 4.69) is 10.1 Å². The van der Waals surface area contributed by atoms with E-state index < -0.39 is 5.60 Å². The molecule has 0 spiro atoms. The molecule has 0 N–H and O–H groups in total. The predicted octanol–water partition coefficient (Wildman–Crippen LogP) is 4.47. The molecule has 0 fully saturated rings. The maximum absolute atomic E-state index is 13.0. The van der Waals surface area contributed by atoms with Gasteiger partial charge in [0, 0.05) is 12.1 Å². The number of halogens is 2. The summed E-state index contributed by atoms with van der Waals surface area (Å²) >= 11 is 6.04. The largest absolute Gasteiger partial charge is 0.494 e. The minimum Gasteiger partial charge on any atom is -0.494 e. The molecule has 0 amide bonds. The molecule has 0 saturated carbocycles. The molecule has 3 rings (SSSR count). The molecular formula is C20H21ClFN3O2. The Kier molecular flexibility index (Phi) is 6.42. The van der Waals surface area contributed by atoms with Gasteiger partial charge in [-0.2, -0.15) is 5.10 Å². The first-order valence-corrected chi connectivity index (χ1v) is 9.01. The summed E-state index contributed by atoms with van der Waals surface area (Å²) in [7, 11) is 1.69. The van der Waals surface area contributed by atoms with E-state index in [0.717, 1.165) is 12.0 Å². The van der Waals surface area contributed by atoms with Crippen molar-refractivity contribution in [2.24, 2.45) is 0 Å². The highest BCUT2D eigenvalue weighted by atomic mass is 35.5. The molecule has 0 aliphatic heterocycles. The van der Waals surface area contributed by atoms with Gasteiger partial charge in [-0.25, -0.2) is 14.1 Å². The minimum absolute atomic E-state index is 0.281.